The first kappa shape index (κ1) is 20.8. The fourth-order valence-corrected chi connectivity index (χ4v) is 3.75. The van der Waals surface area contributed by atoms with Crippen molar-refractivity contribution < 1.29 is 41.8 Å². The summed E-state index contributed by atoms with van der Waals surface area (Å²) in [5.74, 6) is -9.97. The van der Waals surface area contributed by atoms with Gasteiger partial charge in [-0.1, -0.05) is 12.2 Å². The minimum absolute atomic E-state index is 0.0206. The predicted octanol–water partition coefficient (Wildman–Crippen LogP) is 3.21. The Labute approximate surface area is 162 Å². The number of carbonyl (C=O) groups excluding carboxylic acids is 2. The lowest BCUT2D eigenvalue weighted by atomic mass is 9.82. The lowest BCUT2D eigenvalue weighted by molar-refractivity contribution is -0.184. The summed E-state index contributed by atoms with van der Waals surface area (Å²) in [6, 6.07) is 5.33. The van der Waals surface area contributed by atoms with E-state index in [0.717, 1.165) is 0 Å². The number of amides is 1. The summed E-state index contributed by atoms with van der Waals surface area (Å²) < 4.78 is 55.1. The molecule has 0 unspecified atom stereocenters. The van der Waals surface area contributed by atoms with E-state index in [1.54, 1.807) is 12.2 Å². The second kappa shape index (κ2) is 7.84. The van der Waals surface area contributed by atoms with Gasteiger partial charge in [-0.25, -0.2) is 13.6 Å². The number of carboxylic acids is 1. The zero-order valence-electron chi connectivity index (χ0n) is 14.9. The van der Waals surface area contributed by atoms with Crippen molar-refractivity contribution in [1.82, 2.24) is 0 Å². The molecule has 1 fully saturated rings. The van der Waals surface area contributed by atoms with Crippen molar-refractivity contribution in [3.8, 4) is 0 Å². The Morgan fingerprint density at radius 1 is 1.10 bits per heavy atom. The Balaban J connectivity index is 1.69. The Kier molecular flexibility index (Phi) is 5.63. The van der Waals surface area contributed by atoms with E-state index in [4.69, 9.17) is 5.11 Å². The van der Waals surface area contributed by atoms with Gasteiger partial charge >= 0.3 is 24.3 Å². The standard InChI is InChI=1S/C19H17F4NO5/c20-18(21)19(22,23)8-29-17(28)14-11-2-1-10(7-11)13(14)15(25)24-12-5-3-9(4-6-12)16(26)27/h1-6,10-11,13-14,18H,7-8H2,(H,24,25)(H,26,27)/t10-,11-,13-,14+/m0/s1. The van der Waals surface area contributed by atoms with Gasteiger partial charge < -0.3 is 15.2 Å². The molecule has 2 bridgehead atoms. The predicted molar refractivity (Wildman–Crippen MR) is 91.7 cm³/mol. The molecule has 156 valence electrons. The number of hydrogen-bond acceptors (Lipinski definition) is 4. The number of rotatable bonds is 7. The van der Waals surface area contributed by atoms with E-state index in [0.29, 0.717) is 12.1 Å². The van der Waals surface area contributed by atoms with Crippen LogP contribution in [0.1, 0.15) is 16.8 Å². The van der Waals surface area contributed by atoms with E-state index < -0.39 is 54.6 Å². The molecule has 1 aromatic carbocycles. The number of nitrogens with one attached hydrogen (secondary N) is 1. The van der Waals surface area contributed by atoms with Crippen molar-refractivity contribution in [2.75, 3.05) is 11.9 Å². The summed E-state index contributed by atoms with van der Waals surface area (Å²) in [6.07, 6.45) is -0.0861. The van der Waals surface area contributed by atoms with E-state index in [1.165, 1.54) is 24.3 Å². The number of esters is 1. The van der Waals surface area contributed by atoms with Gasteiger partial charge in [0.05, 0.1) is 17.4 Å². The topological polar surface area (TPSA) is 92.7 Å². The summed E-state index contributed by atoms with van der Waals surface area (Å²) >= 11 is 0. The van der Waals surface area contributed by atoms with Gasteiger partial charge in [0, 0.05) is 5.69 Å². The van der Waals surface area contributed by atoms with Gasteiger partial charge in [0.1, 0.15) is 0 Å². The molecule has 2 aliphatic carbocycles. The monoisotopic (exact) mass is 415 g/mol. The largest absolute Gasteiger partial charge is 0.478 e. The van der Waals surface area contributed by atoms with Crippen molar-refractivity contribution >= 4 is 23.5 Å². The van der Waals surface area contributed by atoms with Gasteiger partial charge in [-0.15, -0.1) is 0 Å². The van der Waals surface area contributed by atoms with Gasteiger partial charge in [-0.3, -0.25) is 9.59 Å². The maximum absolute atomic E-state index is 13.1. The summed E-state index contributed by atoms with van der Waals surface area (Å²) in [5.41, 5.74) is 0.315. The second-order valence-electron chi connectivity index (χ2n) is 7.04. The first-order valence-corrected chi connectivity index (χ1v) is 8.75. The van der Waals surface area contributed by atoms with Crippen LogP contribution >= 0.6 is 0 Å². The average Bonchev–Trinajstić information content (AvgIpc) is 3.28. The number of allylic oxidation sites excluding steroid dienone is 2. The summed E-state index contributed by atoms with van der Waals surface area (Å²) in [7, 11) is 0. The second-order valence-corrected chi connectivity index (χ2v) is 7.04. The van der Waals surface area contributed by atoms with Crippen molar-refractivity contribution in [3.05, 3.63) is 42.0 Å². The number of hydrogen-bond donors (Lipinski definition) is 2. The molecule has 3 rings (SSSR count). The molecule has 2 aliphatic rings. The van der Waals surface area contributed by atoms with Crippen molar-refractivity contribution in [2.24, 2.45) is 23.7 Å². The quantitative estimate of drug-likeness (QED) is 0.405. The van der Waals surface area contributed by atoms with Gasteiger partial charge in [-0.2, -0.15) is 8.78 Å². The van der Waals surface area contributed by atoms with E-state index in [2.05, 4.69) is 10.1 Å². The molecular weight excluding hydrogens is 398 g/mol. The van der Waals surface area contributed by atoms with Gasteiger partial charge in [0.25, 0.3) is 0 Å². The molecule has 0 aromatic heterocycles. The van der Waals surface area contributed by atoms with Crippen LogP contribution in [-0.4, -0.2) is 41.9 Å². The van der Waals surface area contributed by atoms with Crippen LogP contribution in [0.2, 0.25) is 0 Å². The molecule has 1 saturated carbocycles. The number of halogens is 4. The average molecular weight is 415 g/mol. The van der Waals surface area contributed by atoms with Crippen LogP contribution in [0, 0.1) is 23.7 Å². The third-order valence-corrected chi connectivity index (χ3v) is 5.16. The molecule has 2 N–H and O–H groups in total. The van der Waals surface area contributed by atoms with E-state index in [-0.39, 0.29) is 11.5 Å². The molecule has 29 heavy (non-hydrogen) atoms. The molecule has 0 radical (unpaired) electrons. The van der Waals surface area contributed by atoms with E-state index in [1.807, 2.05) is 0 Å². The van der Waals surface area contributed by atoms with E-state index >= 15 is 0 Å². The molecule has 0 heterocycles. The number of aromatic carboxylic acids is 1. The van der Waals surface area contributed by atoms with Crippen LogP contribution in [-0.2, 0) is 14.3 Å². The smallest absolute Gasteiger partial charge is 0.340 e. The minimum Gasteiger partial charge on any atom is -0.478 e. The number of anilines is 1. The van der Waals surface area contributed by atoms with Gasteiger partial charge in [-0.05, 0) is 42.5 Å². The SMILES string of the molecule is O=C(O)c1ccc(NC(=O)[C@@H]2[C@H](C(=O)OCC(F)(F)C(F)F)[C@H]3C=C[C@H]2C3)cc1. The number of fused-ring (bicyclic) bond motifs is 2. The van der Waals surface area contributed by atoms with Crippen LogP contribution < -0.4 is 5.32 Å². The highest BCUT2D eigenvalue weighted by molar-refractivity contribution is 5.97. The fraction of sp³-hybridized carbons (Fsp3) is 0.421. The van der Waals surface area contributed by atoms with E-state index in [9.17, 15) is 31.9 Å². The normalized spacial score (nSPS) is 25.3. The van der Waals surface area contributed by atoms with Crippen LogP contribution in [0.5, 0.6) is 0 Å². The molecule has 0 aliphatic heterocycles. The lowest BCUT2D eigenvalue weighted by Gasteiger charge is -2.26. The van der Waals surface area contributed by atoms with Crippen molar-refractivity contribution in [3.63, 3.8) is 0 Å². The number of carbonyl (C=O) groups is 3. The minimum atomic E-state index is -4.47. The number of carboxylic acid groups (broad SMARTS) is 1. The fourth-order valence-electron chi connectivity index (χ4n) is 3.75. The molecule has 6 nitrogen and oxygen atoms in total. The maximum atomic E-state index is 13.1. The Morgan fingerprint density at radius 3 is 2.24 bits per heavy atom. The number of alkyl halides is 4. The molecule has 10 heteroatoms. The van der Waals surface area contributed by atoms with Crippen molar-refractivity contribution in [2.45, 2.75) is 18.8 Å². The summed E-state index contributed by atoms with van der Waals surface area (Å²) in [6.45, 7) is -1.76. The maximum Gasteiger partial charge on any atom is 0.340 e. The van der Waals surface area contributed by atoms with Gasteiger partial charge in [0.2, 0.25) is 5.91 Å². The Morgan fingerprint density at radius 2 is 1.69 bits per heavy atom. The third-order valence-electron chi connectivity index (χ3n) is 5.16. The molecular formula is C19H17F4NO5. The summed E-state index contributed by atoms with van der Waals surface area (Å²) in [4.78, 5) is 35.9. The first-order chi connectivity index (χ1) is 13.6. The molecule has 0 saturated heterocycles. The molecule has 1 aromatic rings. The molecule has 1 amide bonds. The van der Waals surface area contributed by atoms with Crippen LogP contribution in [0.3, 0.4) is 0 Å². The van der Waals surface area contributed by atoms with Crippen LogP contribution in [0.25, 0.3) is 0 Å². The number of benzene rings is 1. The van der Waals surface area contributed by atoms with Crippen LogP contribution in [0.4, 0.5) is 23.2 Å². The highest BCUT2D eigenvalue weighted by Crippen LogP contribution is 2.49. The molecule has 4 atom stereocenters. The Hall–Kier alpha value is -2.91. The third kappa shape index (κ3) is 4.25. The first-order valence-electron chi connectivity index (χ1n) is 8.75. The van der Waals surface area contributed by atoms with Crippen LogP contribution in [0.15, 0.2) is 36.4 Å². The Bertz CT molecular complexity index is 840. The molecule has 0 spiro atoms. The van der Waals surface area contributed by atoms with Crippen molar-refractivity contribution in [1.29, 1.82) is 0 Å². The number of ether oxygens (including phenoxy) is 1. The van der Waals surface area contributed by atoms with Gasteiger partial charge in [0.15, 0.2) is 6.61 Å². The summed E-state index contributed by atoms with van der Waals surface area (Å²) in [5, 5.41) is 11.5. The highest BCUT2D eigenvalue weighted by Gasteiger charge is 2.53. The zero-order chi connectivity index (χ0) is 21.3. The highest BCUT2D eigenvalue weighted by atomic mass is 19.3. The lowest BCUT2D eigenvalue weighted by Crippen LogP contribution is -2.40. The zero-order valence-corrected chi connectivity index (χ0v) is 14.9.